The van der Waals surface area contributed by atoms with E-state index in [1.54, 1.807) is 0 Å². The summed E-state index contributed by atoms with van der Waals surface area (Å²) in [5.74, 6) is -3.73. The van der Waals surface area contributed by atoms with E-state index in [4.69, 9.17) is 11.6 Å². The Labute approximate surface area is 121 Å². The first kappa shape index (κ1) is 15.7. The second-order valence-corrected chi connectivity index (χ2v) is 4.71. The minimum absolute atomic E-state index is 0.134. The highest BCUT2D eigenvalue weighted by atomic mass is 35.5. The Morgan fingerprint density at radius 1 is 0.810 bits per heavy atom. The van der Waals surface area contributed by atoms with Crippen LogP contribution in [0.5, 0.6) is 0 Å². The van der Waals surface area contributed by atoms with Crippen LogP contribution in [0.3, 0.4) is 0 Å². The lowest BCUT2D eigenvalue weighted by molar-refractivity contribution is -0.137. The van der Waals surface area contributed by atoms with Gasteiger partial charge in [0.05, 0.1) is 10.9 Å². The second-order valence-electron chi connectivity index (χ2n) is 4.27. The monoisotopic (exact) mass is 324 g/mol. The summed E-state index contributed by atoms with van der Waals surface area (Å²) in [4.78, 5) is 0. The number of rotatable bonds is 2. The molecule has 0 fully saturated rings. The molecule has 0 aliphatic heterocycles. The molecule has 2 aromatic carbocycles. The molecule has 0 N–H and O–H groups in total. The molecule has 0 heterocycles. The first-order valence-corrected chi connectivity index (χ1v) is 6.09. The molecule has 0 aliphatic rings. The topological polar surface area (TPSA) is 0 Å². The number of hydrogen-bond donors (Lipinski definition) is 0. The fraction of sp³-hybridized carbons (Fsp3) is 0.143. The minimum Gasteiger partial charge on any atom is -0.207 e. The van der Waals surface area contributed by atoms with Crippen LogP contribution in [0.2, 0.25) is 0 Å². The summed E-state index contributed by atoms with van der Waals surface area (Å²) in [6.45, 7) is 0. The van der Waals surface area contributed by atoms with E-state index in [0.717, 1.165) is 24.3 Å². The van der Waals surface area contributed by atoms with Crippen LogP contribution >= 0.6 is 11.6 Å². The van der Waals surface area contributed by atoms with E-state index in [2.05, 4.69) is 0 Å². The number of halogens is 7. The first-order valence-electron chi connectivity index (χ1n) is 5.66. The molecule has 21 heavy (non-hydrogen) atoms. The Hall–Kier alpha value is -1.69. The lowest BCUT2D eigenvalue weighted by atomic mass is 10.0. The maximum absolute atomic E-state index is 13.6. The molecule has 2 rings (SSSR count). The standard InChI is InChI=1S/C14H7ClF6/c15-13(9-5-11(17)12(18)6-10(9)16)7-1-3-8(4-2-7)14(19,20)21/h1-6,13H. The molecule has 1 unspecified atom stereocenters. The van der Waals surface area contributed by atoms with E-state index in [1.165, 1.54) is 0 Å². The van der Waals surface area contributed by atoms with Crippen molar-refractivity contribution in [3.63, 3.8) is 0 Å². The van der Waals surface area contributed by atoms with E-state index in [1.807, 2.05) is 0 Å². The zero-order valence-electron chi connectivity index (χ0n) is 10.2. The zero-order chi connectivity index (χ0) is 15.8. The third kappa shape index (κ3) is 3.32. The summed E-state index contributed by atoms with van der Waals surface area (Å²) in [5, 5.41) is -1.23. The van der Waals surface area contributed by atoms with Crippen molar-refractivity contribution in [3.8, 4) is 0 Å². The van der Waals surface area contributed by atoms with Gasteiger partial charge in [0, 0.05) is 11.6 Å². The molecule has 0 spiro atoms. The van der Waals surface area contributed by atoms with Crippen molar-refractivity contribution in [2.24, 2.45) is 0 Å². The normalized spacial score (nSPS) is 13.3. The predicted molar refractivity (Wildman–Crippen MR) is 65.5 cm³/mol. The van der Waals surface area contributed by atoms with Crippen molar-refractivity contribution >= 4 is 11.6 Å². The van der Waals surface area contributed by atoms with Crippen molar-refractivity contribution in [1.82, 2.24) is 0 Å². The SMILES string of the molecule is Fc1cc(F)c(C(Cl)c2ccc(C(F)(F)F)cc2)cc1F. The van der Waals surface area contributed by atoms with Crippen molar-refractivity contribution in [2.75, 3.05) is 0 Å². The van der Waals surface area contributed by atoms with Crippen molar-refractivity contribution in [1.29, 1.82) is 0 Å². The summed E-state index contributed by atoms with van der Waals surface area (Å²) < 4.78 is 76.8. The summed E-state index contributed by atoms with van der Waals surface area (Å²) >= 11 is 5.92. The van der Waals surface area contributed by atoms with Gasteiger partial charge in [-0.25, -0.2) is 13.2 Å². The van der Waals surface area contributed by atoms with Gasteiger partial charge in [0.1, 0.15) is 5.82 Å². The molecule has 112 valence electrons. The van der Waals surface area contributed by atoms with Gasteiger partial charge in [-0.05, 0) is 23.8 Å². The second kappa shape index (κ2) is 5.60. The van der Waals surface area contributed by atoms with Crippen LogP contribution in [0, 0.1) is 17.5 Å². The minimum atomic E-state index is -4.51. The molecule has 1 atom stereocenters. The average molecular weight is 325 g/mol. The van der Waals surface area contributed by atoms with E-state index in [9.17, 15) is 26.3 Å². The Balaban J connectivity index is 2.36. The Bertz CT molecular complexity index is 648. The first-order chi connectivity index (χ1) is 9.70. The molecular formula is C14H7ClF6. The number of hydrogen-bond acceptors (Lipinski definition) is 0. The van der Waals surface area contributed by atoms with E-state index >= 15 is 0 Å². The van der Waals surface area contributed by atoms with Crippen LogP contribution in [-0.4, -0.2) is 0 Å². The molecule has 0 amide bonds. The van der Waals surface area contributed by atoms with Crippen LogP contribution in [-0.2, 0) is 6.18 Å². The van der Waals surface area contributed by atoms with E-state index in [0.29, 0.717) is 12.1 Å². The molecule has 0 aliphatic carbocycles. The summed E-state index contributed by atoms with van der Waals surface area (Å²) in [6, 6.07) is 4.59. The van der Waals surface area contributed by atoms with Gasteiger partial charge >= 0.3 is 6.18 Å². The third-order valence-corrected chi connectivity index (χ3v) is 3.33. The fourth-order valence-corrected chi connectivity index (χ4v) is 2.07. The van der Waals surface area contributed by atoms with Crippen LogP contribution in [0.1, 0.15) is 22.1 Å². The van der Waals surface area contributed by atoms with E-state index in [-0.39, 0.29) is 11.1 Å². The fourth-order valence-electron chi connectivity index (χ4n) is 1.75. The van der Waals surface area contributed by atoms with Crippen molar-refractivity contribution in [2.45, 2.75) is 11.6 Å². The van der Waals surface area contributed by atoms with Gasteiger partial charge in [-0.1, -0.05) is 12.1 Å². The maximum atomic E-state index is 13.6. The van der Waals surface area contributed by atoms with Gasteiger partial charge in [0.15, 0.2) is 11.6 Å². The predicted octanol–water partition coefficient (Wildman–Crippen LogP) is 5.45. The molecule has 0 saturated heterocycles. The van der Waals surface area contributed by atoms with Gasteiger partial charge in [0.25, 0.3) is 0 Å². The third-order valence-electron chi connectivity index (χ3n) is 2.84. The lowest BCUT2D eigenvalue weighted by Crippen LogP contribution is -2.05. The molecule has 0 nitrogen and oxygen atoms in total. The Kier molecular flexibility index (Phi) is 4.18. The Morgan fingerprint density at radius 2 is 1.33 bits per heavy atom. The van der Waals surface area contributed by atoms with Crippen LogP contribution in [0.4, 0.5) is 26.3 Å². The largest absolute Gasteiger partial charge is 0.416 e. The van der Waals surface area contributed by atoms with Crippen LogP contribution < -0.4 is 0 Å². The molecule has 0 aromatic heterocycles. The maximum Gasteiger partial charge on any atom is 0.416 e. The molecule has 7 heteroatoms. The van der Waals surface area contributed by atoms with Gasteiger partial charge in [-0.15, -0.1) is 11.6 Å². The van der Waals surface area contributed by atoms with Crippen LogP contribution in [0.15, 0.2) is 36.4 Å². The summed E-state index contributed by atoms with van der Waals surface area (Å²) in [5.41, 5.74) is -1.11. The van der Waals surface area contributed by atoms with E-state index < -0.39 is 34.6 Å². The average Bonchev–Trinajstić information content (AvgIpc) is 2.41. The summed E-state index contributed by atoms with van der Waals surface area (Å²) in [7, 11) is 0. The molecule has 0 saturated carbocycles. The highest BCUT2D eigenvalue weighted by molar-refractivity contribution is 6.22. The summed E-state index contributed by atoms with van der Waals surface area (Å²) in [6.07, 6.45) is -4.51. The smallest absolute Gasteiger partial charge is 0.207 e. The van der Waals surface area contributed by atoms with Crippen molar-refractivity contribution in [3.05, 3.63) is 70.5 Å². The highest BCUT2D eigenvalue weighted by Gasteiger charge is 2.30. The van der Waals surface area contributed by atoms with Gasteiger partial charge in [-0.3, -0.25) is 0 Å². The molecule has 0 bridgehead atoms. The van der Waals surface area contributed by atoms with Gasteiger partial charge < -0.3 is 0 Å². The van der Waals surface area contributed by atoms with Gasteiger partial charge in [-0.2, -0.15) is 13.2 Å². The number of benzene rings is 2. The lowest BCUT2D eigenvalue weighted by Gasteiger charge is -2.13. The zero-order valence-corrected chi connectivity index (χ0v) is 10.9. The van der Waals surface area contributed by atoms with Gasteiger partial charge in [0.2, 0.25) is 0 Å². The molecule has 0 radical (unpaired) electrons. The highest BCUT2D eigenvalue weighted by Crippen LogP contribution is 2.34. The Morgan fingerprint density at radius 3 is 1.86 bits per heavy atom. The molecule has 2 aromatic rings. The number of alkyl halides is 4. The quantitative estimate of drug-likeness (QED) is 0.391. The van der Waals surface area contributed by atoms with Crippen molar-refractivity contribution < 1.29 is 26.3 Å². The molecular weight excluding hydrogens is 318 g/mol. The van der Waals surface area contributed by atoms with Crippen LogP contribution in [0.25, 0.3) is 0 Å².